The van der Waals surface area contributed by atoms with Gasteiger partial charge in [-0.3, -0.25) is 0 Å². The predicted molar refractivity (Wildman–Crippen MR) is 77.0 cm³/mol. The Bertz CT molecular complexity index is 584. The quantitative estimate of drug-likeness (QED) is 0.805. The monoisotopic (exact) mass is 372 g/mol. The molecule has 2 rings (SSSR count). The van der Waals surface area contributed by atoms with E-state index in [1.54, 1.807) is 12.1 Å². The lowest BCUT2D eigenvalue weighted by Gasteiger charge is -2.14. The van der Waals surface area contributed by atoms with Gasteiger partial charge in [-0.25, -0.2) is 4.39 Å². The summed E-state index contributed by atoms with van der Waals surface area (Å²) in [5.74, 6) is -0.339. The molecule has 0 aliphatic rings. The molecule has 18 heavy (non-hydrogen) atoms. The maximum atomic E-state index is 13.2. The van der Waals surface area contributed by atoms with Crippen LogP contribution < -0.4 is 0 Å². The summed E-state index contributed by atoms with van der Waals surface area (Å²) in [7, 11) is 0. The first kappa shape index (κ1) is 13.7. The Kier molecular flexibility index (Phi) is 4.20. The third-order valence-corrected chi connectivity index (χ3v) is 4.04. The van der Waals surface area contributed by atoms with Crippen molar-refractivity contribution in [2.24, 2.45) is 0 Å². The number of benzene rings is 2. The summed E-state index contributed by atoms with van der Waals surface area (Å²) in [6.45, 7) is 1.96. The van der Waals surface area contributed by atoms with Crippen molar-refractivity contribution in [2.75, 3.05) is 0 Å². The fraction of sp³-hybridized carbons (Fsp3) is 0.143. The second kappa shape index (κ2) is 5.51. The molecule has 1 N–H and O–H groups in total. The zero-order chi connectivity index (χ0) is 13.3. The summed E-state index contributed by atoms with van der Waals surface area (Å²) in [4.78, 5) is 0. The van der Waals surface area contributed by atoms with Crippen LogP contribution in [0.25, 0.3) is 0 Å². The third-order valence-electron chi connectivity index (χ3n) is 2.71. The number of aliphatic hydroxyl groups excluding tert-OH is 1. The average Bonchev–Trinajstić information content (AvgIpc) is 2.35. The number of halogens is 3. The van der Waals surface area contributed by atoms with Gasteiger partial charge in [0, 0.05) is 4.47 Å². The van der Waals surface area contributed by atoms with E-state index in [9.17, 15) is 9.50 Å². The number of hydrogen-bond donors (Lipinski definition) is 1. The fourth-order valence-corrected chi connectivity index (χ4v) is 2.59. The second-order valence-corrected chi connectivity index (χ2v) is 5.81. The van der Waals surface area contributed by atoms with Gasteiger partial charge in [0.2, 0.25) is 0 Å². The molecule has 0 fully saturated rings. The van der Waals surface area contributed by atoms with Crippen LogP contribution in [0.5, 0.6) is 0 Å². The van der Waals surface area contributed by atoms with Crippen LogP contribution in [0.1, 0.15) is 22.8 Å². The predicted octanol–water partition coefficient (Wildman–Crippen LogP) is 4.74. The Morgan fingerprint density at radius 1 is 1.06 bits per heavy atom. The Hall–Kier alpha value is -0.710. The molecule has 0 saturated carbocycles. The van der Waals surface area contributed by atoms with Crippen molar-refractivity contribution in [1.29, 1.82) is 0 Å². The molecule has 0 aromatic heterocycles. The van der Waals surface area contributed by atoms with Crippen LogP contribution in [-0.4, -0.2) is 5.11 Å². The Balaban J connectivity index is 2.44. The highest BCUT2D eigenvalue weighted by Crippen LogP contribution is 2.31. The van der Waals surface area contributed by atoms with E-state index in [0.717, 1.165) is 15.6 Å². The van der Waals surface area contributed by atoms with Crippen molar-refractivity contribution in [3.8, 4) is 0 Å². The van der Waals surface area contributed by atoms with E-state index in [0.29, 0.717) is 10.0 Å². The smallest absolute Gasteiger partial charge is 0.137 e. The molecule has 1 atom stereocenters. The Labute approximate surface area is 122 Å². The van der Waals surface area contributed by atoms with Crippen LogP contribution in [0.3, 0.4) is 0 Å². The highest BCUT2D eigenvalue weighted by molar-refractivity contribution is 9.10. The molecule has 0 heterocycles. The van der Waals surface area contributed by atoms with Crippen molar-refractivity contribution in [1.82, 2.24) is 0 Å². The summed E-state index contributed by atoms with van der Waals surface area (Å²) in [6, 6.07) is 10.3. The first-order valence-corrected chi connectivity index (χ1v) is 6.96. The molecular formula is C14H11Br2FO. The molecule has 0 amide bonds. The molecule has 0 aliphatic heterocycles. The Morgan fingerprint density at radius 3 is 2.44 bits per heavy atom. The van der Waals surface area contributed by atoms with E-state index in [2.05, 4.69) is 31.9 Å². The molecule has 4 heteroatoms. The summed E-state index contributed by atoms with van der Waals surface area (Å²) < 4.78 is 14.4. The molecule has 0 radical (unpaired) electrons. The SMILES string of the molecule is Cc1ccc(Br)c(C(O)c2ccc(F)c(Br)c2)c1. The minimum atomic E-state index is -0.781. The summed E-state index contributed by atoms with van der Waals surface area (Å²) in [5, 5.41) is 10.3. The van der Waals surface area contributed by atoms with Crippen molar-refractivity contribution in [3.05, 3.63) is 67.9 Å². The van der Waals surface area contributed by atoms with Gasteiger partial charge in [-0.05, 0) is 52.2 Å². The molecule has 0 saturated heterocycles. The number of hydrogen-bond acceptors (Lipinski definition) is 1. The normalized spacial score (nSPS) is 12.5. The van der Waals surface area contributed by atoms with Crippen molar-refractivity contribution in [2.45, 2.75) is 13.0 Å². The zero-order valence-electron chi connectivity index (χ0n) is 9.62. The fourth-order valence-electron chi connectivity index (χ4n) is 1.73. The first-order chi connectivity index (χ1) is 8.49. The lowest BCUT2D eigenvalue weighted by atomic mass is 10.00. The highest BCUT2D eigenvalue weighted by Gasteiger charge is 2.15. The van der Waals surface area contributed by atoms with Crippen LogP contribution in [0.2, 0.25) is 0 Å². The molecule has 1 unspecified atom stereocenters. The standard InChI is InChI=1S/C14H11Br2FO/c1-8-2-4-11(15)10(6-8)14(18)9-3-5-13(17)12(16)7-9/h2-7,14,18H,1H3. The van der Waals surface area contributed by atoms with Gasteiger partial charge >= 0.3 is 0 Å². The molecule has 0 aliphatic carbocycles. The number of rotatable bonds is 2. The highest BCUT2D eigenvalue weighted by atomic mass is 79.9. The van der Waals surface area contributed by atoms with E-state index < -0.39 is 6.10 Å². The summed E-state index contributed by atoms with van der Waals surface area (Å²) >= 11 is 6.54. The van der Waals surface area contributed by atoms with Gasteiger partial charge in [-0.1, -0.05) is 39.7 Å². The average molecular weight is 374 g/mol. The van der Waals surface area contributed by atoms with Crippen LogP contribution in [-0.2, 0) is 0 Å². The van der Waals surface area contributed by atoms with Crippen LogP contribution in [0, 0.1) is 12.7 Å². The van der Waals surface area contributed by atoms with E-state index >= 15 is 0 Å². The van der Waals surface area contributed by atoms with Gasteiger partial charge in [0.25, 0.3) is 0 Å². The van der Waals surface area contributed by atoms with Gasteiger partial charge < -0.3 is 5.11 Å². The second-order valence-electron chi connectivity index (χ2n) is 4.10. The molecular weight excluding hydrogens is 363 g/mol. The van der Waals surface area contributed by atoms with Gasteiger partial charge in [0.05, 0.1) is 4.47 Å². The molecule has 2 aromatic carbocycles. The molecule has 0 bridgehead atoms. The minimum Gasteiger partial charge on any atom is -0.384 e. The maximum Gasteiger partial charge on any atom is 0.137 e. The minimum absolute atomic E-state index is 0.339. The lowest BCUT2D eigenvalue weighted by molar-refractivity contribution is 0.219. The third kappa shape index (κ3) is 2.82. The molecule has 2 aromatic rings. The van der Waals surface area contributed by atoms with Crippen LogP contribution >= 0.6 is 31.9 Å². The van der Waals surface area contributed by atoms with Crippen molar-refractivity contribution >= 4 is 31.9 Å². The number of aryl methyl sites for hydroxylation is 1. The van der Waals surface area contributed by atoms with E-state index in [1.165, 1.54) is 6.07 Å². The molecule has 0 spiro atoms. The summed E-state index contributed by atoms with van der Waals surface area (Å²) in [5.41, 5.74) is 2.48. The van der Waals surface area contributed by atoms with E-state index in [-0.39, 0.29) is 5.82 Å². The Morgan fingerprint density at radius 2 is 1.78 bits per heavy atom. The van der Waals surface area contributed by atoms with Gasteiger partial charge in [0.15, 0.2) is 0 Å². The van der Waals surface area contributed by atoms with Crippen LogP contribution in [0.15, 0.2) is 45.3 Å². The van der Waals surface area contributed by atoms with Gasteiger partial charge in [-0.2, -0.15) is 0 Å². The van der Waals surface area contributed by atoms with Gasteiger partial charge in [0.1, 0.15) is 11.9 Å². The molecule has 1 nitrogen and oxygen atoms in total. The first-order valence-electron chi connectivity index (χ1n) is 5.38. The van der Waals surface area contributed by atoms with E-state index in [1.807, 2.05) is 25.1 Å². The van der Waals surface area contributed by atoms with Crippen molar-refractivity contribution in [3.63, 3.8) is 0 Å². The summed E-state index contributed by atoms with van der Waals surface area (Å²) in [6.07, 6.45) is -0.781. The van der Waals surface area contributed by atoms with Crippen LogP contribution in [0.4, 0.5) is 4.39 Å². The largest absolute Gasteiger partial charge is 0.384 e. The van der Waals surface area contributed by atoms with E-state index in [4.69, 9.17) is 0 Å². The maximum absolute atomic E-state index is 13.2. The lowest BCUT2D eigenvalue weighted by Crippen LogP contribution is -2.01. The topological polar surface area (TPSA) is 20.2 Å². The number of aliphatic hydroxyl groups is 1. The van der Waals surface area contributed by atoms with Gasteiger partial charge in [-0.15, -0.1) is 0 Å². The zero-order valence-corrected chi connectivity index (χ0v) is 12.8. The molecule has 94 valence electrons. The van der Waals surface area contributed by atoms with Crippen molar-refractivity contribution < 1.29 is 9.50 Å².